The first-order valence-electron chi connectivity index (χ1n) is 8.33. The van der Waals surface area contributed by atoms with Crippen LogP contribution in [0.4, 0.5) is 17.3 Å². The fourth-order valence-electron chi connectivity index (χ4n) is 2.45. The predicted octanol–water partition coefficient (Wildman–Crippen LogP) is 4.37. The number of ether oxygens (including phenoxy) is 1. The molecule has 1 heterocycles. The number of carbonyl (C=O) groups is 1. The Morgan fingerprint density at radius 2 is 1.74 bits per heavy atom. The third kappa shape index (κ3) is 5.18. The summed E-state index contributed by atoms with van der Waals surface area (Å²) in [5.41, 5.74) is 2.78. The number of carbonyl (C=O) groups excluding carboxylic acids is 1. The number of hydrogen-bond donors (Lipinski definition) is 2. The zero-order valence-electron chi connectivity index (χ0n) is 15.0. The Labute approximate surface area is 162 Å². The summed E-state index contributed by atoms with van der Waals surface area (Å²) in [7, 11) is 1.60. The van der Waals surface area contributed by atoms with Crippen molar-refractivity contribution in [1.29, 1.82) is 0 Å². The molecule has 0 aliphatic rings. The number of methoxy groups -OCH3 is 1. The van der Waals surface area contributed by atoms with Crippen LogP contribution in [0.15, 0.2) is 54.6 Å². The van der Waals surface area contributed by atoms with Crippen molar-refractivity contribution in [2.75, 3.05) is 17.7 Å². The first kappa shape index (κ1) is 18.7. The fourth-order valence-corrected chi connectivity index (χ4v) is 2.62. The van der Waals surface area contributed by atoms with Gasteiger partial charge in [-0.3, -0.25) is 4.79 Å². The lowest BCUT2D eigenvalue weighted by Crippen LogP contribution is -2.15. The van der Waals surface area contributed by atoms with Crippen LogP contribution in [0.2, 0.25) is 5.02 Å². The zero-order chi connectivity index (χ0) is 19.2. The van der Waals surface area contributed by atoms with Crippen LogP contribution < -0.4 is 15.4 Å². The highest BCUT2D eigenvalue weighted by atomic mass is 35.5. The Hall–Kier alpha value is -3.12. The van der Waals surface area contributed by atoms with Crippen LogP contribution in [-0.4, -0.2) is 23.2 Å². The van der Waals surface area contributed by atoms with Crippen LogP contribution in [0, 0.1) is 6.92 Å². The summed E-state index contributed by atoms with van der Waals surface area (Å²) in [5.74, 6) is 1.54. The van der Waals surface area contributed by atoms with E-state index in [-0.39, 0.29) is 12.3 Å². The maximum absolute atomic E-state index is 12.2. The normalized spacial score (nSPS) is 10.3. The number of nitrogens with zero attached hydrogens (tertiary/aromatic N) is 2. The molecule has 0 aliphatic heterocycles. The highest BCUT2D eigenvalue weighted by Crippen LogP contribution is 2.23. The summed E-state index contributed by atoms with van der Waals surface area (Å²) >= 11 is 6.02. The van der Waals surface area contributed by atoms with Gasteiger partial charge in [0.15, 0.2) is 11.6 Å². The number of halogens is 1. The van der Waals surface area contributed by atoms with Gasteiger partial charge >= 0.3 is 0 Å². The number of aryl methyl sites for hydroxylation is 1. The molecule has 0 saturated heterocycles. The van der Waals surface area contributed by atoms with Gasteiger partial charge in [0.1, 0.15) is 5.75 Å². The Morgan fingerprint density at radius 3 is 2.41 bits per heavy atom. The molecule has 138 valence electrons. The van der Waals surface area contributed by atoms with Crippen LogP contribution in [0.1, 0.15) is 11.1 Å². The van der Waals surface area contributed by atoms with Crippen LogP contribution in [0.3, 0.4) is 0 Å². The van der Waals surface area contributed by atoms with Crippen LogP contribution >= 0.6 is 11.6 Å². The monoisotopic (exact) mass is 382 g/mol. The molecule has 7 heteroatoms. The molecule has 2 N–H and O–H groups in total. The van der Waals surface area contributed by atoms with Crippen molar-refractivity contribution in [3.63, 3.8) is 0 Å². The minimum absolute atomic E-state index is 0.166. The van der Waals surface area contributed by atoms with E-state index in [1.54, 1.807) is 19.2 Å². The van der Waals surface area contributed by atoms with Crippen molar-refractivity contribution in [1.82, 2.24) is 10.2 Å². The van der Waals surface area contributed by atoms with E-state index in [1.807, 2.05) is 49.4 Å². The van der Waals surface area contributed by atoms with Crippen molar-refractivity contribution < 1.29 is 9.53 Å². The lowest BCUT2D eigenvalue weighted by Gasteiger charge is -2.09. The Balaban J connectivity index is 1.59. The van der Waals surface area contributed by atoms with Gasteiger partial charge in [0.05, 0.1) is 13.5 Å². The number of anilines is 3. The SMILES string of the molecule is COc1ccc(CC(=O)Nc2ccc(Nc3cc(Cl)ccc3C)nn2)cc1. The van der Waals surface area contributed by atoms with Gasteiger partial charge in [-0.05, 0) is 54.4 Å². The molecule has 6 nitrogen and oxygen atoms in total. The largest absolute Gasteiger partial charge is 0.497 e. The zero-order valence-corrected chi connectivity index (χ0v) is 15.7. The topological polar surface area (TPSA) is 76.1 Å². The van der Waals surface area contributed by atoms with Crippen LogP contribution in [-0.2, 0) is 11.2 Å². The third-order valence-corrected chi connectivity index (χ3v) is 4.15. The molecule has 0 radical (unpaired) electrons. The molecule has 0 bridgehead atoms. The van der Waals surface area contributed by atoms with Gasteiger partial charge in [-0.25, -0.2) is 0 Å². The van der Waals surface area contributed by atoms with E-state index in [0.717, 1.165) is 22.6 Å². The first-order chi connectivity index (χ1) is 13.0. The molecule has 0 atom stereocenters. The maximum Gasteiger partial charge on any atom is 0.229 e. The van der Waals surface area contributed by atoms with E-state index in [9.17, 15) is 4.79 Å². The lowest BCUT2D eigenvalue weighted by atomic mass is 10.1. The van der Waals surface area contributed by atoms with Crippen LogP contribution in [0.5, 0.6) is 5.75 Å². The molecule has 0 unspecified atom stereocenters. The molecule has 0 spiro atoms. The molecular formula is C20H19ClN4O2. The van der Waals surface area contributed by atoms with Gasteiger partial charge in [-0.15, -0.1) is 10.2 Å². The Kier molecular flexibility index (Phi) is 5.88. The number of benzene rings is 2. The molecule has 0 aliphatic carbocycles. The molecule has 0 fully saturated rings. The van der Waals surface area contributed by atoms with Gasteiger partial charge in [0, 0.05) is 10.7 Å². The highest BCUT2D eigenvalue weighted by Gasteiger charge is 2.07. The Bertz CT molecular complexity index is 928. The second-order valence-electron chi connectivity index (χ2n) is 5.96. The van der Waals surface area contributed by atoms with E-state index >= 15 is 0 Å². The minimum atomic E-state index is -0.166. The van der Waals surface area contributed by atoms with Gasteiger partial charge < -0.3 is 15.4 Å². The van der Waals surface area contributed by atoms with E-state index in [4.69, 9.17) is 16.3 Å². The highest BCUT2D eigenvalue weighted by molar-refractivity contribution is 6.30. The first-order valence-corrected chi connectivity index (χ1v) is 8.71. The molecule has 1 aromatic heterocycles. The van der Waals surface area contributed by atoms with E-state index in [2.05, 4.69) is 20.8 Å². The van der Waals surface area contributed by atoms with Gasteiger partial charge in [-0.2, -0.15) is 0 Å². The average molecular weight is 383 g/mol. The average Bonchev–Trinajstić information content (AvgIpc) is 2.67. The van der Waals surface area contributed by atoms with Gasteiger partial charge in [-0.1, -0.05) is 29.8 Å². The van der Waals surface area contributed by atoms with Gasteiger partial charge in [0.25, 0.3) is 0 Å². The van der Waals surface area contributed by atoms with Crippen molar-refractivity contribution in [3.05, 3.63) is 70.7 Å². The smallest absolute Gasteiger partial charge is 0.229 e. The number of aromatic nitrogens is 2. The predicted molar refractivity (Wildman–Crippen MR) is 107 cm³/mol. The van der Waals surface area contributed by atoms with E-state index < -0.39 is 0 Å². The molecular weight excluding hydrogens is 364 g/mol. The molecule has 2 aromatic carbocycles. The third-order valence-electron chi connectivity index (χ3n) is 3.92. The minimum Gasteiger partial charge on any atom is -0.497 e. The van der Waals surface area contributed by atoms with Gasteiger partial charge in [0.2, 0.25) is 5.91 Å². The lowest BCUT2D eigenvalue weighted by molar-refractivity contribution is -0.115. The summed E-state index contributed by atoms with van der Waals surface area (Å²) in [6.07, 6.45) is 0.243. The second kappa shape index (κ2) is 8.51. The number of rotatable bonds is 6. The summed E-state index contributed by atoms with van der Waals surface area (Å²) in [4.78, 5) is 12.2. The summed E-state index contributed by atoms with van der Waals surface area (Å²) < 4.78 is 5.11. The van der Waals surface area contributed by atoms with E-state index in [1.165, 1.54) is 0 Å². The fraction of sp³-hybridized carbons (Fsp3) is 0.150. The molecule has 3 aromatic rings. The van der Waals surface area contributed by atoms with Crippen molar-refractivity contribution in [2.45, 2.75) is 13.3 Å². The Morgan fingerprint density at radius 1 is 1.04 bits per heavy atom. The standard InChI is InChI=1S/C20H19ClN4O2/c1-13-3-6-15(21)12-17(13)22-18-9-10-19(25-24-18)23-20(26)11-14-4-7-16(27-2)8-5-14/h3-10,12H,11H2,1-2H3,(H,22,24)(H,23,25,26). The quantitative estimate of drug-likeness (QED) is 0.662. The number of hydrogen-bond acceptors (Lipinski definition) is 5. The molecule has 27 heavy (non-hydrogen) atoms. The van der Waals surface area contributed by atoms with Crippen molar-refractivity contribution in [2.24, 2.45) is 0 Å². The summed E-state index contributed by atoms with van der Waals surface area (Å²) in [6, 6.07) is 16.4. The van der Waals surface area contributed by atoms with Crippen LogP contribution in [0.25, 0.3) is 0 Å². The summed E-state index contributed by atoms with van der Waals surface area (Å²) in [5, 5.41) is 14.7. The molecule has 0 saturated carbocycles. The number of nitrogens with one attached hydrogen (secondary N) is 2. The van der Waals surface area contributed by atoms with E-state index in [0.29, 0.717) is 16.7 Å². The second-order valence-corrected chi connectivity index (χ2v) is 6.40. The maximum atomic E-state index is 12.2. The number of amides is 1. The summed E-state index contributed by atoms with van der Waals surface area (Å²) in [6.45, 7) is 1.97. The molecule has 1 amide bonds. The molecule has 3 rings (SSSR count). The van der Waals surface area contributed by atoms with Crippen molar-refractivity contribution >= 4 is 34.8 Å². The van der Waals surface area contributed by atoms with Crippen molar-refractivity contribution in [3.8, 4) is 5.75 Å².